The molecule has 1 heterocycles. The van der Waals surface area contributed by atoms with Crippen molar-refractivity contribution in [1.29, 1.82) is 0 Å². The lowest BCUT2D eigenvalue weighted by Crippen LogP contribution is -2.43. The molecule has 2 nitrogen and oxygen atoms in total. The normalized spacial score (nSPS) is 24.5. The Hall–Kier alpha value is -1.00. The van der Waals surface area contributed by atoms with E-state index in [4.69, 9.17) is 4.74 Å². The van der Waals surface area contributed by atoms with Gasteiger partial charge in [0.15, 0.2) is 0 Å². The Balaban J connectivity index is 1.96. The zero-order valence-electron chi connectivity index (χ0n) is 10.7. The minimum absolute atomic E-state index is 0.265. The summed E-state index contributed by atoms with van der Waals surface area (Å²) < 4.78 is 31.9. The highest BCUT2D eigenvalue weighted by atomic mass is 19.1. The molecular formula is C14H19F2NO. The van der Waals surface area contributed by atoms with Crippen LogP contribution in [0.15, 0.2) is 18.2 Å². The van der Waals surface area contributed by atoms with E-state index in [1.54, 1.807) is 0 Å². The maximum atomic E-state index is 13.1. The largest absolute Gasteiger partial charge is 0.371 e. The average molecular weight is 255 g/mol. The van der Waals surface area contributed by atoms with E-state index in [1.165, 1.54) is 12.1 Å². The van der Waals surface area contributed by atoms with Crippen molar-refractivity contribution in [3.63, 3.8) is 0 Å². The standard InChI is InChI=1S/C14H19F2NO/c1-9(2)3-13-8-18-14(7-17-13)10-4-11(15)6-12(16)5-10/h4-6,9,13-14,17H,3,7-8H2,1-2H3. The minimum Gasteiger partial charge on any atom is -0.371 e. The predicted molar refractivity (Wildman–Crippen MR) is 66.3 cm³/mol. The summed E-state index contributed by atoms with van der Waals surface area (Å²) in [5.41, 5.74) is 0.558. The molecule has 0 bridgehead atoms. The van der Waals surface area contributed by atoms with Gasteiger partial charge in [-0.25, -0.2) is 8.78 Å². The minimum atomic E-state index is -0.557. The van der Waals surface area contributed by atoms with E-state index < -0.39 is 11.6 Å². The summed E-state index contributed by atoms with van der Waals surface area (Å²) in [4.78, 5) is 0. The second-order valence-corrected chi connectivity index (χ2v) is 5.26. The fourth-order valence-corrected chi connectivity index (χ4v) is 2.32. The van der Waals surface area contributed by atoms with Gasteiger partial charge in [0.05, 0.1) is 12.7 Å². The first kappa shape index (κ1) is 13.4. The van der Waals surface area contributed by atoms with E-state index in [9.17, 15) is 8.78 Å². The first-order valence-electron chi connectivity index (χ1n) is 6.35. The predicted octanol–water partition coefficient (Wildman–Crippen LogP) is 3.04. The van der Waals surface area contributed by atoms with Crippen molar-refractivity contribution in [3.8, 4) is 0 Å². The van der Waals surface area contributed by atoms with Crippen LogP contribution in [0, 0.1) is 17.6 Å². The molecule has 4 heteroatoms. The second kappa shape index (κ2) is 5.76. The highest BCUT2D eigenvalue weighted by Crippen LogP contribution is 2.23. The van der Waals surface area contributed by atoms with Gasteiger partial charge in [-0.05, 0) is 30.0 Å². The van der Waals surface area contributed by atoms with Gasteiger partial charge in [0.1, 0.15) is 11.6 Å². The number of hydrogen-bond donors (Lipinski definition) is 1. The summed E-state index contributed by atoms with van der Waals surface area (Å²) in [5.74, 6) is -0.509. The number of benzene rings is 1. The first-order valence-corrected chi connectivity index (χ1v) is 6.35. The van der Waals surface area contributed by atoms with Crippen LogP contribution in [-0.4, -0.2) is 19.2 Å². The molecule has 0 aromatic heterocycles. The molecule has 2 atom stereocenters. The third-order valence-electron chi connectivity index (χ3n) is 3.10. The van der Waals surface area contributed by atoms with Crippen molar-refractivity contribution >= 4 is 0 Å². The van der Waals surface area contributed by atoms with E-state index >= 15 is 0 Å². The van der Waals surface area contributed by atoms with Crippen LogP contribution in [0.25, 0.3) is 0 Å². The topological polar surface area (TPSA) is 21.3 Å². The summed E-state index contributed by atoms with van der Waals surface area (Å²) in [6.45, 7) is 5.51. The Morgan fingerprint density at radius 3 is 2.44 bits per heavy atom. The number of hydrogen-bond acceptors (Lipinski definition) is 2. The summed E-state index contributed by atoms with van der Waals surface area (Å²) in [5, 5.41) is 3.37. The lowest BCUT2D eigenvalue weighted by Gasteiger charge is -2.31. The van der Waals surface area contributed by atoms with Gasteiger partial charge in [0.2, 0.25) is 0 Å². The maximum Gasteiger partial charge on any atom is 0.126 e. The molecule has 2 unspecified atom stereocenters. The molecule has 2 rings (SSSR count). The molecule has 1 saturated heterocycles. The SMILES string of the molecule is CC(C)CC1COC(c2cc(F)cc(F)c2)CN1. The molecule has 0 aliphatic carbocycles. The maximum absolute atomic E-state index is 13.1. The molecule has 1 N–H and O–H groups in total. The number of rotatable bonds is 3. The van der Waals surface area contributed by atoms with E-state index in [0.717, 1.165) is 12.5 Å². The number of nitrogens with one attached hydrogen (secondary N) is 1. The van der Waals surface area contributed by atoms with Crippen LogP contribution in [0.1, 0.15) is 31.9 Å². The highest BCUT2D eigenvalue weighted by molar-refractivity contribution is 5.21. The van der Waals surface area contributed by atoms with Crippen LogP contribution >= 0.6 is 0 Å². The van der Waals surface area contributed by atoms with E-state index in [-0.39, 0.29) is 6.10 Å². The van der Waals surface area contributed by atoms with Crippen molar-refractivity contribution in [3.05, 3.63) is 35.4 Å². The molecule has 1 aliphatic heterocycles. The van der Waals surface area contributed by atoms with E-state index in [0.29, 0.717) is 30.7 Å². The third kappa shape index (κ3) is 3.50. The molecule has 0 spiro atoms. The third-order valence-corrected chi connectivity index (χ3v) is 3.10. The van der Waals surface area contributed by atoms with Crippen molar-refractivity contribution in [2.24, 2.45) is 5.92 Å². The lowest BCUT2D eigenvalue weighted by molar-refractivity contribution is -0.00160. The molecule has 1 aromatic rings. The number of ether oxygens (including phenoxy) is 1. The molecule has 0 amide bonds. The Morgan fingerprint density at radius 2 is 1.94 bits per heavy atom. The van der Waals surface area contributed by atoms with Crippen LogP contribution in [0.3, 0.4) is 0 Å². The van der Waals surface area contributed by atoms with Gasteiger partial charge in [0.25, 0.3) is 0 Å². The quantitative estimate of drug-likeness (QED) is 0.896. The Bertz CT molecular complexity index is 381. The van der Waals surface area contributed by atoms with Crippen molar-refractivity contribution < 1.29 is 13.5 Å². The molecule has 1 aromatic carbocycles. The van der Waals surface area contributed by atoms with Gasteiger partial charge < -0.3 is 10.1 Å². The molecular weight excluding hydrogens is 236 g/mol. The van der Waals surface area contributed by atoms with Gasteiger partial charge >= 0.3 is 0 Å². The fourth-order valence-electron chi connectivity index (χ4n) is 2.32. The molecule has 1 aliphatic rings. The van der Waals surface area contributed by atoms with Crippen LogP contribution in [0.2, 0.25) is 0 Å². The van der Waals surface area contributed by atoms with Crippen molar-refractivity contribution in [1.82, 2.24) is 5.32 Å². The van der Waals surface area contributed by atoms with Crippen molar-refractivity contribution in [2.45, 2.75) is 32.4 Å². The Kier molecular flexibility index (Phi) is 4.30. The summed E-state index contributed by atoms with van der Waals surface area (Å²) in [6.07, 6.45) is 0.781. The van der Waals surface area contributed by atoms with Gasteiger partial charge in [-0.2, -0.15) is 0 Å². The molecule has 1 fully saturated rings. The van der Waals surface area contributed by atoms with Gasteiger partial charge in [-0.1, -0.05) is 13.8 Å². The lowest BCUT2D eigenvalue weighted by atomic mass is 10.0. The summed E-state index contributed by atoms with van der Waals surface area (Å²) in [7, 11) is 0. The second-order valence-electron chi connectivity index (χ2n) is 5.26. The molecule has 18 heavy (non-hydrogen) atoms. The van der Waals surface area contributed by atoms with Gasteiger partial charge in [-0.15, -0.1) is 0 Å². The Labute approximate surface area is 106 Å². The van der Waals surface area contributed by atoms with E-state index in [2.05, 4.69) is 19.2 Å². The zero-order valence-corrected chi connectivity index (χ0v) is 10.7. The molecule has 0 radical (unpaired) electrons. The zero-order chi connectivity index (χ0) is 13.1. The average Bonchev–Trinajstić information content (AvgIpc) is 2.27. The number of morpholine rings is 1. The van der Waals surface area contributed by atoms with Crippen LogP contribution in [0.5, 0.6) is 0 Å². The fraction of sp³-hybridized carbons (Fsp3) is 0.571. The smallest absolute Gasteiger partial charge is 0.126 e. The van der Waals surface area contributed by atoms with Crippen LogP contribution < -0.4 is 5.32 Å². The first-order chi connectivity index (χ1) is 8.54. The summed E-state index contributed by atoms with van der Waals surface area (Å²) >= 11 is 0. The van der Waals surface area contributed by atoms with Crippen molar-refractivity contribution in [2.75, 3.05) is 13.2 Å². The van der Waals surface area contributed by atoms with Gasteiger partial charge in [0, 0.05) is 18.7 Å². The highest BCUT2D eigenvalue weighted by Gasteiger charge is 2.23. The monoisotopic (exact) mass is 255 g/mol. The summed E-state index contributed by atoms with van der Waals surface area (Å²) in [6, 6.07) is 3.87. The van der Waals surface area contributed by atoms with Crippen LogP contribution in [0.4, 0.5) is 8.78 Å². The van der Waals surface area contributed by atoms with Crippen LogP contribution in [-0.2, 0) is 4.74 Å². The molecule has 0 saturated carbocycles. The molecule has 100 valence electrons. The van der Waals surface area contributed by atoms with Gasteiger partial charge in [-0.3, -0.25) is 0 Å². The van der Waals surface area contributed by atoms with E-state index in [1.807, 2.05) is 0 Å². The number of halogens is 2. The Morgan fingerprint density at radius 1 is 1.28 bits per heavy atom.